The molecule has 1 heteroatoms. The Morgan fingerprint density at radius 3 is 2.60 bits per heavy atom. The minimum absolute atomic E-state index is 0.259. The normalized spacial score (nSPS) is 13.6. The van der Waals surface area contributed by atoms with E-state index in [1.54, 1.807) is 0 Å². The van der Waals surface area contributed by atoms with E-state index < -0.39 is 0 Å². The molecule has 1 aromatic carbocycles. The lowest BCUT2D eigenvalue weighted by molar-refractivity contribution is 0.707. The first kappa shape index (κ1) is 11.7. The molecular weight excluding hydrogens is 182 g/mol. The third kappa shape index (κ3) is 3.70. The molecule has 0 aliphatic rings. The summed E-state index contributed by atoms with van der Waals surface area (Å²) in [5, 5.41) is 0. The smallest absolute Gasteiger partial charge is 0.0680 e. The first-order valence-corrected chi connectivity index (χ1v) is 5.50. The molecule has 0 aliphatic carbocycles. The Morgan fingerprint density at radius 1 is 1.40 bits per heavy atom. The number of nitrogens with zero attached hydrogens (tertiary/aromatic N) is 1. The Morgan fingerprint density at radius 2 is 2.07 bits per heavy atom. The van der Waals surface area contributed by atoms with Crippen molar-refractivity contribution < 1.29 is 0 Å². The molecule has 1 nitrogen and oxygen atoms in total. The second-order valence-corrected chi connectivity index (χ2v) is 3.67. The van der Waals surface area contributed by atoms with Crippen LogP contribution >= 0.6 is 0 Å². The van der Waals surface area contributed by atoms with Crippen LogP contribution in [0.2, 0.25) is 0 Å². The molecule has 1 atom stereocenters. The Kier molecular flexibility index (Phi) is 4.82. The van der Waals surface area contributed by atoms with Gasteiger partial charge in [0.2, 0.25) is 0 Å². The molecule has 0 aliphatic heterocycles. The lowest BCUT2D eigenvalue weighted by atomic mass is 10.1. The van der Waals surface area contributed by atoms with Crippen molar-refractivity contribution >= 4 is 5.71 Å². The van der Waals surface area contributed by atoms with Gasteiger partial charge in [0, 0.05) is 5.71 Å². The molecule has 0 heterocycles. The van der Waals surface area contributed by atoms with E-state index in [1.165, 1.54) is 5.56 Å². The van der Waals surface area contributed by atoms with E-state index in [9.17, 15) is 0 Å². The van der Waals surface area contributed by atoms with E-state index in [1.807, 2.05) is 24.3 Å². The van der Waals surface area contributed by atoms with Crippen LogP contribution in [-0.4, -0.2) is 11.8 Å². The molecule has 0 saturated carbocycles. The van der Waals surface area contributed by atoms with Crippen LogP contribution in [0, 0.1) is 0 Å². The van der Waals surface area contributed by atoms with Gasteiger partial charge in [0.25, 0.3) is 0 Å². The van der Waals surface area contributed by atoms with Crippen molar-refractivity contribution in [2.45, 2.75) is 32.7 Å². The summed E-state index contributed by atoms with van der Waals surface area (Å²) in [6.07, 6.45) is 4.14. The number of hydrogen-bond donors (Lipinski definition) is 0. The predicted molar refractivity (Wildman–Crippen MR) is 67.5 cm³/mol. The highest BCUT2D eigenvalue weighted by Crippen LogP contribution is 2.07. The van der Waals surface area contributed by atoms with Crippen LogP contribution in [0.5, 0.6) is 0 Å². The quantitative estimate of drug-likeness (QED) is 0.507. The molecule has 0 aromatic heterocycles. The summed E-state index contributed by atoms with van der Waals surface area (Å²) in [4.78, 5) is 4.65. The number of rotatable bonds is 5. The van der Waals surface area contributed by atoms with Gasteiger partial charge in [0.1, 0.15) is 0 Å². The molecule has 1 unspecified atom stereocenters. The van der Waals surface area contributed by atoms with Crippen LogP contribution in [0.25, 0.3) is 0 Å². The summed E-state index contributed by atoms with van der Waals surface area (Å²) >= 11 is 0. The highest BCUT2D eigenvalue weighted by Gasteiger charge is 2.01. The minimum Gasteiger partial charge on any atom is -0.282 e. The Balaban J connectivity index is 2.78. The van der Waals surface area contributed by atoms with Crippen molar-refractivity contribution in [2.24, 2.45) is 4.99 Å². The fraction of sp³-hybridized carbons (Fsp3) is 0.357. The van der Waals surface area contributed by atoms with Gasteiger partial charge >= 0.3 is 0 Å². The molecule has 0 spiro atoms. The minimum atomic E-state index is 0.259. The summed E-state index contributed by atoms with van der Waals surface area (Å²) in [6, 6.07) is 10.5. The van der Waals surface area contributed by atoms with E-state index >= 15 is 0 Å². The fourth-order valence-corrected chi connectivity index (χ4v) is 1.53. The van der Waals surface area contributed by atoms with Gasteiger partial charge in [0.15, 0.2) is 0 Å². The topological polar surface area (TPSA) is 12.4 Å². The van der Waals surface area contributed by atoms with Crippen LogP contribution in [0.1, 0.15) is 32.3 Å². The van der Waals surface area contributed by atoms with E-state index in [2.05, 4.69) is 37.6 Å². The second-order valence-electron chi connectivity index (χ2n) is 3.67. The van der Waals surface area contributed by atoms with Gasteiger partial charge in [0.05, 0.1) is 6.04 Å². The molecule has 0 fully saturated rings. The molecule has 0 N–H and O–H groups in total. The monoisotopic (exact) mass is 201 g/mol. The lowest BCUT2D eigenvalue weighted by Crippen LogP contribution is -2.04. The number of hydrogen-bond acceptors (Lipinski definition) is 1. The van der Waals surface area contributed by atoms with E-state index in [-0.39, 0.29) is 6.04 Å². The van der Waals surface area contributed by atoms with Crippen LogP contribution in [0.15, 0.2) is 48.0 Å². The molecule has 0 amide bonds. The van der Waals surface area contributed by atoms with Gasteiger partial charge < -0.3 is 0 Å². The molecule has 15 heavy (non-hydrogen) atoms. The molecule has 0 bridgehead atoms. The first-order valence-electron chi connectivity index (χ1n) is 5.50. The molecular formula is C14H19N. The second kappa shape index (κ2) is 6.18. The SMILES string of the molecule is C=CC(CCC)N=C(C)c1ccccc1. The van der Waals surface area contributed by atoms with Crippen molar-refractivity contribution in [2.75, 3.05) is 0 Å². The van der Waals surface area contributed by atoms with Crippen molar-refractivity contribution in [1.82, 2.24) is 0 Å². The highest BCUT2D eigenvalue weighted by atomic mass is 14.8. The van der Waals surface area contributed by atoms with Crippen molar-refractivity contribution in [1.29, 1.82) is 0 Å². The lowest BCUT2D eigenvalue weighted by Gasteiger charge is -2.08. The van der Waals surface area contributed by atoms with Gasteiger partial charge in [-0.15, -0.1) is 6.58 Å². The summed E-state index contributed by atoms with van der Waals surface area (Å²) in [7, 11) is 0. The van der Waals surface area contributed by atoms with Crippen LogP contribution in [-0.2, 0) is 0 Å². The summed E-state index contributed by atoms with van der Waals surface area (Å²) in [5.74, 6) is 0. The maximum atomic E-state index is 4.65. The largest absolute Gasteiger partial charge is 0.282 e. The number of aliphatic imine (C=N–C) groups is 1. The van der Waals surface area contributed by atoms with Crippen molar-refractivity contribution in [3.63, 3.8) is 0 Å². The zero-order valence-corrected chi connectivity index (χ0v) is 9.61. The molecule has 1 aromatic rings. The highest BCUT2D eigenvalue weighted by molar-refractivity contribution is 5.98. The van der Waals surface area contributed by atoms with Crippen LogP contribution < -0.4 is 0 Å². The van der Waals surface area contributed by atoms with Gasteiger partial charge in [-0.2, -0.15) is 0 Å². The first-order chi connectivity index (χ1) is 7.27. The zero-order valence-electron chi connectivity index (χ0n) is 9.61. The summed E-state index contributed by atoms with van der Waals surface area (Å²) < 4.78 is 0. The maximum absolute atomic E-state index is 4.65. The fourth-order valence-electron chi connectivity index (χ4n) is 1.53. The van der Waals surface area contributed by atoms with Crippen molar-refractivity contribution in [3.05, 3.63) is 48.6 Å². The van der Waals surface area contributed by atoms with Gasteiger partial charge in [-0.25, -0.2) is 0 Å². The van der Waals surface area contributed by atoms with E-state index in [0.717, 1.165) is 18.6 Å². The standard InChI is InChI=1S/C14H19N/c1-4-9-14(5-2)15-12(3)13-10-7-6-8-11-13/h5-8,10-11,14H,2,4,9H2,1,3H3. The van der Waals surface area contributed by atoms with Crippen molar-refractivity contribution in [3.8, 4) is 0 Å². The van der Waals surface area contributed by atoms with Gasteiger partial charge in [-0.3, -0.25) is 4.99 Å². The third-order valence-electron chi connectivity index (χ3n) is 2.41. The molecule has 80 valence electrons. The molecule has 0 radical (unpaired) electrons. The third-order valence-corrected chi connectivity index (χ3v) is 2.41. The average Bonchev–Trinajstić information content (AvgIpc) is 2.29. The van der Waals surface area contributed by atoms with Gasteiger partial charge in [-0.1, -0.05) is 49.8 Å². The predicted octanol–water partition coefficient (Wildman–Crippen LogP) is 3.85. The average molecular weight is 201 g/mol. The van der Waals surface area contributed by atoms with Crippen LogP contribution in [0.3, 0.4) is 0 Å². The summed E-state index contributed by atoms with van der Waals surface area (Å²) in [5.41, 5.74) is 2.29. The molecule has 1 rings (SSSR count). The van der Waals surface area contributed by atoms with E-state index in [0.29, 0.717) is 0 Å². The van der Waals surface area contributed by atoms with Crippen LogP contribution in [0.4, 0.5) is 0 Å². The Bertz CT molecular complexity index is 324. The number of benzene rings is 1. The van der Waals surface area contributed by atoms with Gasteiger partial charge in [-0.05, 0) is 18.9 Å². The maximum Gasteiger partial charge on any atom is 0.0680 e. The Labute approximate surface area is 92.6 Å². The molecule has 0 saturated heterocycles. The Hall–Kier alpha value is -1.37. The summed E-state index contributed by atoms with van der Waals surface area (Å²) in [6.45, 7) is 8.05. The zero-order chi connectivity index (χ0) is 11.1. The van der Waals surface area contributed by atoms with E-state index in [4.69, 9.17) is 0 Å².